The molecule has 1 amide bonds. The highest BCUT2D eigenvalue weighted by atomic mass is 16.6. The molecule has 1 fully saturated rings. The topological polar surface area (TPSA) is 96.3 Å². The van der Waals surface area contributed by atoms with Crippen LogP contribution in [0.15, 0.2) is 30.3 Å². The Morgan fingerprint density at radius 2 is 1.95 bits per heavy atom. The van der Waals surface area contributed by atoms with E-state index in [0.717, 1.165) is 10.5 Å². The number of carboxylic acids is 1. The lowest BCUT2D eigenvalue weighted by Crippen LogP contribution is -2.53. The number of hydrogen-bond donors (Lipinski definition) is 2. The minimum Gasteiger partial charge on any atom is -0.479 e. The molecule has 0 saturated carbocycles. The van der Waals surface area contributed by atoms with Gasteiger partial charge in [0.1, 0.15) is 0 Å². The number of amides is 1. The number of hydrogen-bond acceptors (Lipinski definition) is 4. The van der Waals surface area contributed by atoms with Crippen LogP contribution in [0.4, 0.5) is 4.79 Å². The number of carbonyl (C=O) groups is 2. The minimum atomic E-state index is -1.17. The molecule has 1 aromatic carbocycles. The zero-order valence-corrected chi connectivity index (χ0v) is 11.3. The van der Waals surface area contributed by atoms with Gasteiger partial charge < -0.3 is 24.6 Å². The Hall–Kier alpha value is -2.12. The summed E-state index contributed by atoms with van der Waals surface area (Å²) in [6.45, 7) is 0.446. The van der Waals surface area contributed by atoms with Gasteiger partial charge in [0.25, 0.3) is 0 Å². The van der Waals surface area contributed by atoms with E-state index in [1.807, 2.05) is 30.3 Å². The van der Waals surface area contributed by atoms with Crippen molar-refractivity contribution >= 4 is 12.1 Å². The molecule has 1 saturated heterocycles. The molecule has 1 aliphatic rings. The third-order valence-corrected chi connectivity index (χ3v) is 3.13. The molecule has 0 aromatic heterocycles. The molecule has 1 aliphatic heterocycles. The van der Waals surface area contributed by atoms with E-state index in [1.165, 1.54) is 0 Å². The lowest BCUT2D eigenvalue weighted by molar-refractivity contribution is -0.167. The quantitative estimate of drug-likeness (QED) is 0.842. The molecule has 1 aromatic rings. The summed E-state index contributed by atoms with van der Waals surface area (Å²) in [6.07, 6.45) is -2.89. The highest BCUT2D eigenvalue weighted by Gasteiger charge is 2.34. The largest absolute Gasteiger partial charge is 0.479 e. The Morgan fingerprint density at radius 3 is 2.57 bits per heavy atom. The summed E-state index contributed by atoms with van der Waals surface area (Å²) < 4.78 is 10.8. The summed E-state index contributed by atoms with van der Waals surface area (Å²) in [7, 11) is 0. The van der Waals surface area contributed by atoms with Crippen LogP contribution in [0.5, 0.6) is 0 Å². The second-order valence-corrected chi connectivity index (χ2v) is 4.77. The van der Waals surface area contributed by atoms with Crippen LogP contribution >= 0.6 is 0 Å². The standard InChI is InChI=1S/C14H17NO6/c16-13(17)12-7-15(14(18)19)6-11(21-12)9-20-8-10-4-2-1-3-5-10/h1-5,11-12H,6-9H2,(H,16,17)(H,18,19)/t11-,12?/m0/s1. The molecule has 0 spiro atoms. The number of benzene rings is 1. The van der Waals surface area contributed by atoms with Gasteiger partial charge in [-0.15, -0.1) is 0 Å². The van der Waals surface area contributed by atoms with Crippen molar-refractivity contribution in [2.75, 3.05) is 19.7 Å². The van der Waals surface area contributed by atoms with Gasteiger partial charge in [0.05, 0.1) is 32.4 Å². The summed E-state index contributed by atoms with van der Waals surface area (Å²) in [4.78, 5) is 23.0. The van der Waals surface area contributed by atoms with Crippen molar-refractivity contribution in [2.24, 2.45) is 0 Å². The highest BCUT2D eigenvalue weighted by Crippen LogP contribution is 2.13. The number of morpholine rings is 1. The normalized spacial score (nSPS) is 22.0. The van der Waals surface area contributed by atoms with Gasteiger partial charge in [-0.1, -0.05) is 30.3 Å². The van der Waals surface area contributed by atoms with E-state index >= 15 is 0 Å². The van der Waals surface area contributed by atoms with E-state index in [-0.39, 0.29) is 19.7 Å². The molecule has 0 aliphatic carbocycles. The molecule has 2 rings (SSSR count). The number of nitrogens with zero attached hydrogens (tertiary/aromatic N) is 1. The predicted octanol–water partition coefficient (Wildman–Crippen LogP) is 1.04. The molecular formula is C14H17NO6. The Balaban J connectivity index is 1.86. The number of rotatable bonds is 5. The SMILES string of the molecule is O=C(O)C1CN(C(=O)O)C[C@@H](COCc2ccccc2)O1. The molecule has 114 valence electrons. The van der Waals surface area contributed by atoms with Crippen molar-refractivity contribution < 1.29 is 29.3 Å². The first-order valence-corrected chi connectivity index (χ1v) is 6.54. The minimum absolute atomic E-state index is 0.105. The van der Waals surface area contributed by atoms with E-state index in [2.05, 4.69) is 0 Å². The van der Waals surface area contributed by atoms with Gasteiger partial charge in [0, 0.05) is 0 Å². The van der Waals surface area contributed by atoms with Gasteiger partial charge >= 0.3 is 12.1 Å². The molecule has 2 N–H and O–H groups in total. The average Bonchev–Trinajstić information content (AvgIpc) is 2.48. The van der Waals surface area contributed by atoms with E-state index < -0.39 is 24.3 Å². The fraction of sp³-hybridized carbons (Fsp3) is 0.429. The molecule has 1 heterocycles. The van der Waals surface area contributed by atoms with Crippen LogP contribution in [-0.4, -0.2) is 59.1 Å². The highest BCUT2D eigenvalue weighted by molar-refractivity contribution is 5.74. The summed E-state index contributed by atoms with van der Waals surface area (Å²) >= 11 is 0. The molecule has 2 atom stereocenters. The number of aliphatic carboxylic acids is 1. The van der Waals surface area contributed by atoms with Gasteiger partial charge in [0.15, 0.2) is 6.10 Å². The van der Waals surface area contributed by atoms with Gasteiger partial charge in [0.2, 0.25) is 0 Å². The first-order chi connectivity index (χ1) is 10.1. The monoisotopic (exact) mass is 295 g/mol. The first-order valence-electron chi connectivity index (χ1n) is 6.54. The van der Waals surface area contributed by atoms with Gasteiger partial charge in [-0.3, -0.25) is 0 Å². The van der Waals surface area contributed by atoms with Crippen LogP contribution in [0.3, 0.4) is 0 Å². The average molecular weight is 295 g/mol. The van der Waals surface area contributed by atoms with Crippen LogP contribution in [0, 0.1) is 0 Å². The van der Waals surface area contributed by atoms with Crippen molar-refractivity contribution in [1.29, 1.82) is 0 Å². The number of ether oxygens (including phenoxy) is 2. The van der Waals surface area contributed by atoms with Crippen molar-refractivity contribution in [1.82, 2.24) is 4.90 Å². The predicted molar refractivity (Wildman–Crippen MR) is 72.0 cm³/mol. The maximum atomic E-state index is 11.0. The van der Waals surface area contributed by atoms with E-state index in [0.29, 0.717) is 6.61 Å². The third-order valence-electron chi connectivity index (χ3n) is 3.13. The van der Waals surface area contributed by atoms with E-state index in [1.54, 1.807) is 0 Å². The molecule has 0 bridgehead atoms. The Bertz CT molecular complexity index is 469. The zero-order chi connectivity index (χ0) is 15.2. The molecular weight excluding hydrogens is 278 g/mol. The summed E-state index contributed by atoms with van der Waals surface area (Å²) in [6, 6.07) is 9.50. The first kappa shape index (κ1) is 15.3. The Morgan fingerprint density at radius 1 is 1.24 bits per heavy atom. The Kier molecular flexibility index (Phi) is 5.13. The third kappa shape index (κ3) is 4.44. The number of carboxylic acid groups (broad SMARTS) is 2. The van der Waals surface area contributed by atoms with Crippen molar-refractivity contribution in [3.63, 3.8) is 0 Å². The Labute approximate surface area is 121 Å². The molecule has 7 nitrogen and oxygen atoms in total. The molecule has 1 unspecified atom stereocenters. The fourth-order valence-corrected chi connectivity index (χ4v) is 2.11. The maximum absolute atomic E-state index is 11.0. The van der Waals surface area contributed by atoms with Crippen LogP contribution in [-0.2, 0) is 20.9 Å². The maximum Gasteiger partial charge on any atom is 0.407 e. The fourth-order valence-electron chi connectivity index (χ4n) is 2.11. The summed E-state index contributed by atoms with van der Waals surface area (Å²) in [5.74, 6) is -1.17. The van der Waals surface area contributed by atoms with E-state index in [4.69, 9.17) is 19.7 Å². The molecule has 7 heteroatoms. The van der Waals surface area contributed by atoms with Crippen molar-refractivity contribution in [3.05, 3.63) is 35.9 Å². The van der Waals surface area contributed by atoms with Gasteiger partial charge in [-0.25, -0.2) is 9.59 Å². The van der Waals surface area contributed by atoms with Crippen LogP contribution < -0.4 is 0 Å². The van der Waals surface area contributed by atoms with Crippen LogP contribution in [0.1, 0.15) is 5.56 Å². The van der Waals surface area contributed by atoms with Crippen LogP contribution in [0.2, 0.25) is 0 Å². The van der Waals surface area contributed by atoms with Gasteiger partial charge in [-0.2, -0.15) is 0 Å². The second-order valence-electron chi connectivity index (χ2n) is 4.77. The lowest BCUT2D eigenvalue weighted by atomic mass is 10.2. The smallest absolute Gasteiger partial charge is 0.407 e. The summed E-state index contributed by atoms with van der Waals surface area (Å²) in [5, 5.41) is 18.0. The van der Waals surface area contributed by atoms with Crippen molar-refractivity contribution in [3.8, 4) is 0 Å². The zero-order valence-electron chi connectivity index (χ0n) is 11.3. The lowest BCUT2D eigenvalue weighted by Gasteiger charge is -2.34. The summed E-state index contributed by atoms with van der Waals surface area (Å²) in [5.41, 5.74) is 0.984. The van der Waals surface area contributed by atoms with Crippen molar-refractivity contribution in [2.45, 2.75) is 18.8 Å². The molecule has 0 radical (unpaired) electrons. The molecule has 21 heavy (non-hydrogen) atoms. The van der Waals surface area contributed by atoms with E-state index in [9.17, 15) is 9.59 Å². The van der Waals surface area contributed by atoms with Crippen LogP contribution in [0.25, 0.3) is 0 Å². The second kappa shape index (κ2) is 7.05. The van der Waals surface area contributed by atoms with Gasteiger partial charge in [-0.05, 0) is 5.56 Å².